The molecule has 0 bridgehead atoms. The molecule has 1 rings (SSSR count). The fourth-order valence-corrected chi connectivity index (χ4v) is 0.769. The molecule has 0 aliphatic heterocycles. The summed E-state index contributed by atoms with van der Waals surface area (Å²) >= 11 is 0. The zero-order chi connectivity index (χ0) is 9.90. The zero-order valence-electron chi connectivity index (χ0n) is 6.97. The van der Waals surface area contributed by atoms with Crippen LogP contribution in [0.5, 0.6) is 0 Å². The number of nitrogens with zero attached hydrogens (tertiary/aromatic N) is 1. The van der Waals surface area contributed by atoms with Gasteiger partial charge in [0.25, 0.3) is 0 Å². The molecule has 0 aliphatic rings. The van der Waals surface area contributed by atoms with Crippen LogP contribution in [0.1, 0.15) is 11.3 Å². The molecule has 4 heteroatoms. The van der Waals surface area contributed by atoms with Crippen LogP contribution in [0.4, 0.5) is 13.2 Å². The third-order valence-corrected chi connectivity index (χ3v) is 1.40. The molecule has 1 heterocycles. The summed E-state index contributed by atoms with van der Waals surface area (Å²) < 4.78 is 35.1. The number of rotatable bonds is 1. The summed E-state index contributed by atoms with van der Waals surface area (Å²) in [5.74, 6) is 0. The third-order valence-electron chi connectivity index (χ3n) is 1.40. The molecule has 0 aliphatic carbocycles. The lowest BCUT2D eigenvalue weighted by molar-refractivity contribution is -0.0790. The Balaban J connectivity index is 2.75. The number of hydrogen-bond donors (Lipinski definition) is 0. The summed E-state index contributed by atoms with van der Waals surface area (Å²) in [6.07, 6.45) is -1.67. The van der Waals surface area contributed by atoms with Gasteiger partial charge in [-0.1, -0.05) is 6.07 Å². The second-order valence-corrected chi connectivity index (χ2v) is 2.61. The monoisotopic (exact) mass is 187 g/mol. The number of alkyl halides is 3. The fourth-order valence-electron chi connectivity index (χ4n) is 0.769. The van der Waals surface area contributed by atoms with Crippen LogP contribution in [0.25, 0.3) is 6.08 Å². The van der Waals surface area contributed by atoms with Gasteiger partial charge in [0.1, 0.15) is 0 Å². The van der Waals surface area contributed by atoms with Gasteiger partial charge in [-0.3, -0.25) is 4.98 Å². The molecular formula is C9H8F3N. The molecule has 0 unspecified atom stereocenters. The molecule has 0 N–H and O–H groups in total. The summed E-state index contributed by atoms with van der Waals surface area (Å²) in [6, 6.07) is 3.25. The van der Waals surface area contributed by atoms with E-state index in [1.165, 1.54) is 6.20 Å². The average molecular weight is 187 g/mol. The Morgan fingerprint density at radius 1 is 1.31 bits per heavy atom. The molecule has 0 saturated carbocycles. The highest BCUT2D eigenvalue weighted by Crippen LogP contribution is 2.17. The first-order valence-corrected chi connectivity index (χ1v) is 3.66. The van der Waals surface area contributed by atoms with E-state index in [9.17, 15) is 13.2 Å². The minimum absolute atomic E-state index is 0.194. The van der Waals surface area contributed by atoms with Crippen molar-refractivity contribution < 1.29 is 13.2 Å². The van der Waals surface area contributed by atoms with Gasteiger partial charge < -0.3 is 0 Å². The molecule has 0 aromatic carbocycles. The van der Waals surface area contributed by atoms with E-state index >= 15 is 0 Å². The van der Waals surface area contributed by atoms with Gasteiger partial charge in [0.15, 0.2) is 0 Å². The van der Waals surface area contributed by atoms with Crippen molar-refractivity contribution in [2.75, 3.05) is 0 Å². The van der Waals surface area contributed by atoms with Crippen molar-refractivity contribution in [3.8, 4) is 0 Å². The van der Waals surface area contributed by atoms with Crippen LogP contribution in [0, 0.1) is 6.92 Å². The second-order valence-electron chi connectivity index (χ2n) is 2.61. The maximum Gasteiger partial charge on any atom is 0.409 e. The molecule has 1 nitrogen and oxygen atoms in total. The number of halogens is 3. The summed E-state index contributed by atoms with van der Waals surface area (Å²) in [6.45, 7) is 1.78. The molecule has 0 saturated heterocycles. The highest BCUT2D eigenvalue weighted by atomic mass is 19.4. The number of aromatic nitrogens is 1. The predicted molar refractivity (Wildman–Crippen MR) is 44.1 cm³/mol. The molecule has 0 fully saturated rings. The maximum atomic E-state index is 11.7. The molecule has 0 amide bonds. The summed E-state index contributed by atoms with van der Waals surface area (Å²) in [7, 11) is 0. The van der Waals surface area contributed by atoms with Gasteiger partial charge >= 0.3 is 6.18 Å². The van der Waals surface area contributed by atoms with Gasteiger partial charge in [-0.05, 0) is 24.6 Å². The summed E-state index contributed by atoms with van der Waals surface area (Å²) in [5.41, 5.74) is 1.23. The van der Waals surface area contributed by atoms with E-state index < -0.39 is 6.18 Å². The lowest BCUT2D eigenvalue weighted by atomic mass is 10.2. The van der Waals surface area contributed by atoms with Crippen LogP contribution in [0.3, 0.4) is 0 Å². The Morgan fingerprint density at radius 2 is 2.00 bits per heavy atom. The SMILES string of the molecule is Cc1ccc(/C=C/C(F)(F)F)cn1. The molecular weight excluding hydrogens is 179 g/mol. The molecule has 0 radical (unpaired) electrons. The first kappa shape index (κ1) is 9.77. The quantitative estimate of drug-likeness (QED) is 0.658. The van der Waals surface area contributed by atoms with Crippen molar-refractivity contribution in [1.29, 1.82) is 0 Å². The van der Waals surface area contributed by atoms with E-state index in [0.29, 0.717) is 5.56 Å². The third kappa shape index (κ3) is 3.73. The van der Waals surface area contributed by atoms with Crippen LogP contribution in [0.2, 0.25) is 0 Å². The Kier molecular flexibility index (Phi) is 2.70. The van der Waals surface area contributed by atoms with Gasteiger partial charge in [0.05, 0.1) is 0 Å². The Morgan fingerprint density at radius 3 is 2.46 bits per heavy atom. The standard InChI is InChI=1S/C9H8F3N/c1-7-2-3-8(6-13-7)4-5-9(10,11)12/h2-6H,1H3/b5-4+. The number of pyridine rings is 1. The van der Waals surface area contributed by atoms with Gasteiger partial charge in [0.2, 0.25) is 0 Å². The van der Waals surface area contributed by atoms with E-state index in [-0.39, 0.29) is 6.08 Å². The van der Waals surface area contributed by atoms with Crippen LogP contribution in [0.15, 0.2) is 24.4 Å². The highest BCUT2D eigenvalue weighted by Gasteiger charge is 2.21. The van der Waals surface area contributed by atoms with Gasteiger partial charge in [-0.25, -0.2) is 0 Å². The summed E-state index contributed by atoms with van der Waals surface area (Å²) in [4.78, 5) is 3.86. The van der Waals surface area contributed by atoms with Gasteiger partial charge in [-0.15, -0.1) is 0 Å². The van der Waals surface area contributed by atoms with E-state index in [1.54, 1.807) is 19.1 Å². The fraction of sp³-hybridized carbons (Fsp3) is 0.222. The normalized spacial score (nSPS) is 12.3. The van der Waals surface area contributed by atoms with Crippen LogP contribution >= 0.6 is 0 Å². The number of allylic oxidation sites excluding steroid dienone is 1. The first-order chi connectivity index (χ1) is 5.97. The van der Waals surface area contributed by atoms with E-state index in [4.69, 9.17) is 0 Å². The van der Waals surface area contributed by atoms with Crippen molar-refractivity contribution >= 4 is 6.08 Å². The predicted octanol–water partition coefficient (Wildman–Crippen LogP) is 2.97. The Bertz CT molecular complexity index is 298. The topological polar surface area (TPSA) is 12.9 Å². The lowest BCUT2D eigenvalue weighted by Gasteiger charge is -1.97. The van der Waals surface area contributed by atoms with Crippen LogP contribution in [-0.4, -0.2) is 11.2 Å². The largest absolute Gasteiger partial charge is 0.409 e. The van der Waals surface area contributed by atoms with Crippen molar-refractivity contribution in [3.05, 3.63) is 35.7 Å². The molecule has 0 atom stereocenters. The van der Waals surface area contributed by atoms with Gasteiger partial charge in [0, 0.05) is 18.0 Å². The molecule has 70 valence electrons. The van der Waals surface area contributed by atoms with E-state index in [1.807, 2.05) is 0 Å². The smallest absolute Gasteiger partial charge is 0.261 e. The van der Waals surface area contributed by atoms with E-state index in [2.05, 4.69) is 4.98 Å². The Hall–Kier alpha value is -1.32. The Labute approximate surface area is 73.9 Å². The van der Waals surface area contributed by atoms with Crippen molar-refractivity contribution in [1.82, 2.24) is 4.98 Å². The second kappa shape index (κ2) is 3.60. The minimum atomic E-state index is -4.26. The van der Waals surface area contributed by atoms with Crippen molar-refractivity contribution in [2.24, 2.45) is 0 Å². The molecule has 13 heavy (non-hydrogen) atoms. The number of aryl methyl sites for hydroxylation is 1. The number of hydrogen-bond acceptors (Lipinski definition) is 1. The van der Waals surface area contributed by atoms with E-state index in [0.717, 1.165) is 11.8 Å². The zero-order valence-corrected chi connectivity index (χ0v) is 6.97. The van der Waals surface area contributed by atoms with Crippen LogP contribution < -0.4 is 0 Å². The van der Waals surface area contributed by atoms with Crippen molar-refractivity contribution in [2.45, 2.75) is 13.1 Å². The highest BCUT2D eigenvalue weighted by molar-refractivity contribution is 5.48. The summed E-state index contributed by atoms with van der Waals surface area (Å²) in [5, 5.41) is 0. The van der Waals surface area contributed by atoms with Gasteiger partial charge in [-0.2, -0.15) is 13.2 Å². The van der Waals surface area contributed by atoms with Crippen LogP contribution in [-0.2, 0) is 0 Å². The average Bonchev–Trinajstić information content (AvgIpc) is 2.02. The van der Waals surface area contributed by atoms with Crippen molar-refractivity contribution in [3.63, 3.8) is 0 Å². The minimum Gasteiger partial charge on any atom is -0.261 e. The maximum absolute atomic E-state index is 11.7. The molecule has 1 aromatic heterocycles. The molecule has 0 spiro atoms. The molecule has 1 aromatic rings. The first-order valence-electron chi connectivity index (χ1n) is 3.66. The lowest BCUT2D eigenvalue weighted by Crippen LogP contribution is -2.00.